The molecule has 0 saturated carbocycles. The molecule has 0 aliphatic carbocycles. The first-order valence-corrected chi connectivity index (χ1v) is 10.3. The summed E-state index contributed by atoms with van der Waals surface area (Å²) in [5, 5.41) is 10.7. The van der Waals surface area contributed by atoms with Crippen LogP contribution in [-0.4, -0.2) is 63.4 Å². The van der Waals surface area contributed by atoms with Crippen molar-refractivity contribution in [1.29, 1.82) is 0 Å². The Morgan fingerprint density at radius 2 is 1.97 bits per heavy atom. The van der Waals surface area contributed by atoms with Crippen molar-refractivity contribution in [1.82, 2.24) is 30.0 Å². The molecule has 2 N–H and O–H groups in total. The Kier molecular flexibility index (Phi) is 5.32. The van der Waals surface area contributed by atoms with Gasteiger partial charge in [0.25, 0.3) is 0 Å². The highest BCUT2D eigenvalue weighted by molar-refractivity contribution is 5.81. The number of hydrogen-bond acceptors (Lipinski definition) is 8. The van der Waals surface area contributed by atoms with E-state index in [1.807, 2.05) is 43.7 Å². The van der Waals surface area contributed by atoms with E-state index < -0.39 is 0 Å². The predicted octanol–water partition coefficient (Wildman–Crippen LogP) is 2.76. The molecule has 2 aliphatic heterocycles. The molecule has 0 aromatic carbocycles. The molecular formula is C22H24N8O. The molecule has 0 amide bonds. The lowest BCUT2D eigenvalue weighted by Crippen LogP contribution is -2.37. The van der Waals surface area contributed by atoms with E-state index in [2.05, 4.69) is 36.4 Å². The Balaban J connectivity index is 1.57. The van der Waals surface area contributed by atoms with Gasteiger partial charge in [-0.15, -0.1) is 0 Å². The van der Waals surface area contributed by atoms with Gasteiger partial charge in [0.2, 0.25) is 5.95 Å². The van der Waals surface area contributed by atoms with Gasteiger partial charge in [-0.05, 0) is 36.0 Å². The second kappa shape index (κ2) is 8.57. The Labute approximate surface area is 180 Å². The van der Waals surface area contributed by atoms with Gasteiger partial charge in [0.05, 0.1) is 24.9 Å². The van der Waals surface area contributed by atoms with E-state index in [9.17, 15) is 0 Å². The zero-order valence-corrected chi connectivity index (χ0v) is 17.3. The number of rotatable bonds is 5. The number of anilines is 3. The second-order valence-corrected chi connectivity index (χ2v) is 7.44. The van der Waals surface area contributed by atoms with Crippen molar-refractivity contribution in [2.24, 2.45) is 0 Å². The third kappa shape index (κ3) is 3.99. The summed E-state index contributed by atoms with van der Waals surface area (Å²) >= 11 is 0. The molecule has 3 aromatic rings. The molecule has 0 bridgehead atoms. The Bertz CT molecular complexity index is 1070. The molecule has 5 rings (SSSR count). The first-order valence-electron chi connectivity index (χ1n) is 10.3. The standard InChI is InChI=1S/C22H24N8O/c1-29-10-2-3-17(20(29)19-6-9-25-28-19)18-15-24-22(30-11-13-31-14-12-30)27-21(18)26-16-4-7-23-8-5-16/h2-10,15,20H,11-14H2,1H3,(H,25,28)(H,23,24,26,27). The van der Waals surface area contributed by atoms with E-state index in [0.717, 1.165) is 41.4 Å². The van der Waals surface area contributed by atoms with Gasteiger partial charge in [-0.1, -0.05) is 6.08 Å². The first kappa shape index (κ1) is 19.3. The van der Waals surface area contributed by atoms with Gasteiger partial charge in [-0.2, -0.15) is 10.1 Å². The number of nitrogens with one attached hydrogen (secondary N) is 2. The fraction of sp³-hybridized carbons (Fsp3) is 0.273. The number of aromatic nitrogens is 5. The molecule has 1 saturated heterocycles. The molecule has 0 radical (unpaired) electrons. The number of likely N-dealkylation sites (N-methyl/N-ethyl adjacent to an activating group) is 1. The predicted molar refractivity (Wildman–Crippen MR) is 119 cm³/mol. The Morgan fingerprint density at radius 1 is 1.13 bits per heavy atom. The summed E-state index contributed by atoms with van der Waals surface area (Å²) in [6, 6.07) is 5.82. The summed E-state index contributed by atoms with van der Waals surface area (Å²) < 4.78 is 5.48. The quantitative estimate of drug-likeness (QED) is 0.656. The fourth-order valence-electron chi connectivity index (χ4n) is 3.89. The molecular weight excluding hydrogens is 392 g/mol. The monoisotopic (exact) mass is 416 g/mol. The molecule has 9 heteroatoms. The third-order valence-electron chi connectivity index (χ3n) is 5.44. The molecule has 1 unspecified atom stereocenters. The summed E-state index contributed by atoms with van der Waals surface area (Å²) in [5.74, 6) is 1.45. The number of pyridine rings is 1. The van der Waals surface area contributed by atoms with Crippen LogP contribution in [0.25, 0.3) is 5.57 Å². The average molecular weight is 416 g/mol. The lowest BCUT2D eigenvalue weighted by Gasteiger charge is -2.32. The zero-order valence-electron chi connectivity index (χ0n) is 17.3. The van der Waals surface area contributed by atoms with Gasteiger partial charge in [0.1, 0.15) is 5.82 Å². The minimum atomic E-state index is -0.0247. The third-order valence-corrected chi connectivity index (χ3v) is 5.44. The number of nitrogens with zero attached hydrogens (tertiary/aromatic N) is 6. The largest absolute Gasteiger partial charge is 0.378 e. The Morgan fingerprint density at radius 3 is 2.74 bits per heavy atom. The second-order valence-electron chi connectivity index (χ2n) is 7.44. The van der Waals surface area contributed by atoms with Gasteiger partial charge in [0.15, 0.2) is 0 Å². The number of morpholine rings is 1. The van der Waals surface area contributed by atoms with Gasteiger partial charge in [0, 0.05) is 56.2 Å². The van der Waals surface area contributed by atoms with Gasteiger partial charge >= 0.3 is 0 Å². The van der Waals surface area contributed by atoms with Crippen molar-refractivity contribution in [3.63, 3.8) is 0 Å². The van der Waals surface area contributed by atoms with Crippen LogP contribution in [0.5, 0.6) is 0 Å². The van der Waals surface area contributed by atoms with E-state index in [4.69, 9.17) is 14.7 Å². The average Bonchev–Trinajstić information content (AvgIpc) is 3.35. The molecule has 0 spiro atoms. The van der Waals surface area contributed by atoms with E-state index >= 15 is 0 Å². The summed E-state index contributed by atoms with van der Waals surface area (Å²) in [7, 11) is 2.05. The smallest absolute Gasteiger partial charge is 0.227 e. The fourth-order valence-corrected chi connectivity index (χ4v) is 3.89. The number of ether oxygens (including phenoxy) is 1. The van der Waals surface area contributed by atoms with Crippen LogP contribution in [0.1, 0.15) is 17.3 Å². The molecule has 1 fully saturated rings. The Hall–Kier alpha value is -3.72. The number of allylic oxidation sites excluding steroid dienone is 2. The SMILES string of the molecule is CN1C=CC=C(c2cnc(N3CCOCC3)nc2Nc2ccncc2)C1c1ccn[nH]1. The van der Waals surface area contributed by atoms with E-state index in [1.165, 1.54) is 0 Å². The summed E-state index contributed by atoms with van der Waals surface area (Å²) in [5.41, 5.74) is 3.94. The number of aromatic amines is 1. The lowest BCUT2D eigenvalue weighted by molar-refractivity contribution is 0.122. The van der Waals surface area contributed by atoms with Crippen LogP contribution in [0.2, 0.25) is 0 Å². The highest BCUT2D eigenvalue weighted by atomic mass is 16.5. The van der Waals surface area contributed by atoms with Crippen LogP contribution in [0.3, 0.4) is 0 Å². The minimum absolute atomic E-state index is 0.0247. The van der Waals surface area contributed by atoms with E-state index in [1.54, 1.807) is 18.6 Å². The molecule has 158 valence electrons. The van der Waals surface area contributed by atoms with Crippen molar-refractivity contribution in [2.45, 2.75) is 6.04 Å². The topological polar surface area (TPSA) is 95.1 Å². The summed E-state index contributed by atoms with van der Waals surface area (Å²) in [6.07, 6.45) is 13.4. The first-order chi connectivity index (χ1) is 15.3. The maximum atomic E-state index is 5.48. The molecule has 5 heterocycles. The summed E-state index contributed by atoms with van der Waals surface area (Å²) in [6.45, 7) is 2.92. The lowest BCUT2D eigenvalue weighted by atomic mass is 9.94. The van der Waals surface area contributed by atoms with Crippen LogP contribution in [0.15, 0.2) is 61.3 Å². The number of H-pyrrole nitrogens is 1. The molecule has 1 atom stereocenters. The van der Waals surface area contributed by atoms with Gasteiger partial charge in [-0.3, -0.25) is 10.1 Å². The van der Waals surface area contributed by atoms with Crippen LogP contribution in [0, 0.1) is 0 Å². The maximum Gasteiger partial charge on any atom is 0.227 e. The molecule has 3 aromatic heterocycles. The van der Waals surface area contributed by atoms with Crippen molar-refractivity contribution >= 4 is 23.0 Å². The van der Waals surface area contributed by atoms with Crippen LogP contribution >= 0.6 is 0 Å². The van der Waals surface area contributed by atoms with E-state index in [0.29, 0.717) is 19.2 Å². The van der Waals surface area contributed by atoms with Crippen molar-refractivity contribution in [3.8, 4) is 0 Å². The van der Waals surface area contributed by atoms with E-state index in [-0.39, 0.29) is 6.04 Å². The van der Waals surface area contributed by atoms with Crippen LogP contribution in [0.4, 0.5) is 17.5 Å². The molecule has 2 aliphatic rings. The maximum absolute atomic E-state index is 5.48. The van der Waals surface area contributed by atoms with Crippen molar-refractivity contribution in [3.05, 3.63) is 72.6 Å². The zero-order chi connectivity index (χ0) is 21.0. The molecule has 9 nitrogen and oxygen atoms in total. The highest BCUT2D eigenvalue weighted by Gasteiger charge is 2.27. The van der Waals surface area contributed by atoms with Gasteiger partial charge in [-0.25, -0.2) is 4.98 Å². The number of hydrogen-bond donors (Lipinski definition) is 2. The van der Waals surface area contributed by atoms with Gasteiger partial charge < -0.3 is 19.9 Å². The van der Waals surface area contributed by atoms with Crippen molar-refractivity contribution < 1.29 is 4.74 Å². The molecule has 31 heavy (non-hydrogen) atoms. The van der Waals surface area contributed by atoms with Crippen molar-refractivity contribution in [2.75, 3.05) is 43.6 Å². The highest BCUT2D eigenvalue weighted by Crippen LogP contribution is 2.39. The minimum Gasteiger partial charge on any atom is -0.378 e. The summed E-state index contributed by atoms with van der Waals surface area (Å²) in [4.78, 5) is 18.1. The van der Waals surface area contributed by atoms with Crippen LogP contribution in [-0.2, 0) is 4.74 Å². The normalized spacial score (nSPS) is 18.7. The van der Waals surface area contributed by atoms with Crippen LogP contribution < -0.4 is 10.2 Å².